The van der Waals surface area contributed by atoms with Gasteiger partial charge >= 0.3 is 0 Å². The van der Waals surface area contributed by atoms with Crippen molar-refractivity contribution in [2.45, 2.75) is 18.4 Å². The largest absolute Gasteiger partial charge is 0.325 e. The molecule has 116 valence electrons. The minimum absolute atomic E-state index is 0.0413. The maximum Gasteiger partial charge on any atom is 0.251 e. The number of pyridine rings is 1. The Bertz CT molecular complexity index is 854. The lowest BCUT2D eigenvalue weighted by Gasteiger charge is -2.08. The van der Waals surface area contributed by atoms with E-state index in [0.717, 1.165) is 5.56 Å². The molecule has 0 spiro atoms. The van der Waals surface area contributed by atoms with Crippen LogP contribution in [0.2, 0.25) is 0 Å². The molecule has 0 saturated carbocycles. The summed E-state index contributed by atoms with van der Waals surface area (Å²) in [6.45, 7) is 1.69. The molecule has 0 atom stereocenters. The lowest BCUT2D eigenvalue weighted by molar-refractivity contribution is -0.116. The van der Waals surface area contributed by atoms with Crippen LogP contribution in [0.3, 0.4) is 0 Å². The molecule has 1 aromatic carbocycles. The molecule has 8 heteroatoms. The first-order valence-electron chi connectivity index (χ1n) is 6.35. The average Bonchev–Trinajstić information content (AvgIpc) is 2.42. The fourth-order valence-electron chi connectivity index (χ4n) is 1.86. The number of hydrogen-bond donors (Lipinski definition) is 2. The third kappa shape index (κ3) is 4.03. The van der Waals surface area contributed by atoms with Crippen molar-refractivity contribution in [2.75, 3.05) is 5.32 Å². The summed E-state index contributed by atoms with van der Waals surface area (Å²) in [5, 5.41) is 7.57. The first kappa shape index (κ1) is 15.9. The van der Waals surface area contributed by atoms with Gasteiger partial charge in [0.1, 0.15) is 6.54 Å². The van der Waals surface area contributed by atoms with E-state index in [1.54, 1.807) is 12.3 Å². The van der Waals surface area contributed by atoms with E-state index in [0.29, 0.717) is 5.69 Å². The van der Waals surface area contributed by atoms with Crippen LogP contribution in [0.1, 0.15) is 5.56 Å². The molecule has 0 aliphatic heterocycles. The van der Waals surface area contributed by atoms with Crippen molar-refractivity contribution >= 4 is 21.6 Å². The zero-order valence-corrected chi connectivity index (χ0v) is 12.6. The molecular formula is C14H15N3O4S. The highest BCUT2D eigenvalue weighted by atomic mass is 32.2. The van der Waals surface area contributed by atoms with Crippen LogP contribution in [0.15, 0.2) is 52.3 Å². The second kappa shape index (κ2) is 6.12. The molecule has 0 radical (unpaired) electrons. The van der Waals surface area contributed by atoms with Gasteiger partial charge in [-0.2, -0.15) is 0 Å². The van der Waals surface area contributed by atoms with Crippen molar-refractivity contribution < 1.29 is 13.2 Å². The van der Waals surface area contributed by atoms with Crippen molar-refractivity contribution in [2.24, 2.45) is 5.14 Å². The molecule has 0 bridgehead atoms. The molecule has 7 nitrogen and oxygen atoms in total. The van der Waals surface area contributed by atoms with Crippen molar-refractivity contribution in [3.63, 3.8) is 0 Å². The molecule has 0 unspecified atom stereocenters. The minimum Gasteiger partial charge on any atom is -0.325 e. The smallest absolute Gasteiger partial charge is 0.251 e. The van der Waals surface area contributed by atoms with Gasteiger partial charge in [0.25, 0.3) is 5.56 Å². The predicted molar refractivity (Wildman–Crippen MR) is 81.9 cm³/mol. The van der Waals surface area contributed by atoms with Crippen molar-refractivity contribution in [1.82, 2.24) is 4.57 Å². The predicted octanol–water partition coefficient (Wildman–Crippen LogP) is 0.443. The Morgan fingerprint density at radius 3 is 2.41 bits per heavy atom. The van der Waals surface area contributed by atoms with E-state index >= 15 is 0 Å². The maximum atomic E-state index is 11.9. The summed E-state index contributed by atoms with van der Waals surface area (Å²) in [6.07, 6.45) is 1.59. The molecule has 1 amide bonds. The Labute approximate surface area is 127 Å². The van der Waals surface area contributed by atoms with Crippen LogP contribution >= 0.6 is 0 Å². The van der Waals surface area contributed by atoms with E-state index < -0.39 is 15.9 Å². The number of hydrogen-bond acceptors (Lipinski definition) is 4. The van der Waals surface area contributed by atoms with Gasteiger partial charge in [0, 0.05) is 18.0 Å². The maximum absolute atomic E-state index is 11.9. The van der Waals surface area contributed by atoms with Crippen LogP contribution in [-0.4, -0.2) is 18.9 Å². The number of nitrogens with one attached hydrogen (secondary N) is 1. The topological polar surface area (TPSA) is 111 Å². The van der Waals surface area contributed by atoms with Crippen molar-refractivity contribution in [1.29, 1.82) is 0 Å². The number of carbonyl (C=O) groups excluding carboxylic acids is 1. The van der Waals surface area contributed by atoms with Crippen LogP contribution in [0, 0.1) is 6.92 Å². The van der Waals surface area contributed by atoms with Gasteiger partial charge in [-0.05, 0) is 36.8 Å². The zero-order valence-electron chi connectivity index (χ0n) is 11.8. The number of nitrogens with zero attached hydrogens (tertiary/aromatic N) is 1. The monoisotopic (exact) mass is 321 g/mol. The normalized spacial score (nSPS) is 11.2. The Balaban J connectivity index is 2.09. The van der Waals surface area contributed by atoms with E-state index in [1.807, 2.05) is 6.92 Å². The van der Waals surface area contributed by atoms with E-state index in [-0.39, 0.29) is 17.0 Å². The molecule has 1 heterocycles. The second-order valence-corrected chi connectivity index (χ2v) is 6.35. The van der Waals surface area contributed by atoms with Gasteiger partial charge in [-0.25, -0.2) is 13.6 Å². The highest BCUT2D eigenvalue weighted by Crippen LogP contribution is 2.12. The van der Waals surface area contributed by atoms with Crippen LogP contribution in [0.25, 0.3) is 0 Å². The average molecular weight is 321 g/mol. The third-order valence-electron chi connectivity index (χ3n) is 2.91. The second-order valence-electron chi connectivity index (χ2n) is 4.79. The molecule has 2 rings (SSSR count). The number of aromatic nitrogens is 1. The van der Waals surface area contributed by atoms with Gasteiger partial charge in [-0.1, -0.05) is 6.07 Å². The Kier molecular flexibility index (Phi) is 4.43. The molecule has 0 aliphatic rings. The lowest BCUT2D eigenvalue weighted by Crippen LogP contribution is -2.26. The molecule has 0 aliphatic carbocycles. The quantitative estimate of drug-likeness (QED) is 0.851. The van der Waals surface area contributed by atoms with Crippen LogP contribution < -0.4 is 16.0 Å². The number of sulfonamides is 1. The summed E-state index contributed by atoms with van der Waals surface area (Å²) >= 11 is 0. The van der Waals surface area contributed by atoms with Crippen LogP contribution in [0.4, 0.5) is 5.69 Å². The number of carbonyl (C=O) groups is 1. The minimum atomic E-state index is -3.77. The lowest BCUT2D eigenvalue weighted by atomic mass is 10.3. The highest BCUT2D eigenvalue weighted by Gasteiger charge is 2.09. The Morgan fingerprint density at radius 2 is 1.82 bits per heavy atom. The molecule has 0 fully saturated rings. The first-order valence-corrected chi connectivity index (χ1v) is 7.90. The summed E-state index contributed by atoms with van der Waals surface area (Å²) in [6, 6.07) is 8.51. The van der Waals surface area contributed by atoms with Gasteiger partial charge in [0.2, 0.25) is 15.9 Å². The fourth-order valence-corrected chi connectivity index (χ4v) is 2.37. The van der Waals surface area contributed by atoms with E-state index in [4.69, 9.17) is 5.14 Å². The first-order chi connectivity index (χ1) is 10.3. The number of primary sulfonamides is 1. The zero-order chi connectivity index (χ0) is 16.3. The molecule has 2 aromatic rings. The molecule has 3 N–H and O–H groups in total. The van der Waals surface area contributed by atoms with E-state index in [2.05, 4.69) is 5.32 Å². The Hall–Kier alpha value is -2.45. The van der Waals surface area contributed by atoms with Crippen molar-refractivity contribution in [3.8, 4) is 0 Å². The van der Waals surface area contributed by atoms with Crippen LogP contribution in [0.5, 0.6) is 0 Å². The molecular weight excluding hydrogens is 306 g/mol. The summed E-state index contributed by atoms with van der Waals surface area (Å²) in [5.41, 5.74) is 1.01. The summed E-state index contributed by atoms with van der Waals surface area (Å²) in [4.78, 5) is 23.5. The van der Waals surface area contributed by atoms with Crippen molar-refractivity contribution in [3.05, 3.63) is 58.5 Å². The SMILES string of the molecule is Cc1ccc(=O)n(CC(=O)Nc2ccc(S(N)(=O)=O)cc2)c1. The van der Waals surface area contributed by atoms with Gasteiger partial charge in [0.15, 0.2) is 0 Å². The number of aryl methyl sites for hydroxylation is 1. The Morgan fingerprint density at radius 1 is 1.18 bits per heavy atom. The summed E-state index contributed by atoms with van der Waals surface area (Å²) < 4.78 is 23.6. The number of anilines is 1. The number of benzene rings is 1. The molecule has 22 heavy (non-hydrogen) atoms. The standard InChI is InChI=1S/C14H15N3O4S/c1-10-2-7-14(19)17(8-10)9-13(18)16-11-3-5-12(6-4-11)22(15,20)21/h2-8H,9H2,1H3,(H,16,18)(H2,15,20,21). The summed E-state index contributed by atoms with van der Waals surface area (Å²) in [5.74, 6) is -0.393. The molecule has 1 aromatic heterocycles. The van der Waals surface area contributed by atoms with E-state index in [9.17, 15) is 18.0 Å². The molecule has 0 saturated heterocycles. The number of rotatable bonds is 4. The number of amides is 1. The fraction of sp³-hybridized carbons (Fsp3) is 0.143. The third-order valence-corrected chi connectivity index (χ3v) is 3.84. The van der Waals surface area contributed by atoms with Gasteiger partial charge in [-0.3, -0.25) is 9.59 Å². The van der Waals surface area contributed by atoms with E-state index in [1.165, 1.54) is 34.9 Å². The van der Waals surface area contributed by atoms with Gasteiger partial charge in [0.05, 0.1) is 4.90 Å². The van der Waals surface area contributed by atoms with Gasteiger partial charge in [-0.15, -0.1) is 0 Å². The summed E-state index contributed by atoms with van der Waals surface area (Å²) in [7, 11) is -3.77. The highest BCUT2D eigenvalue weighted by molar-refractivity contribution is 7.89. The number of nitrogens with two attached hydrogens (primary N) is 1. The van der Waals surface area contributed by atoms with Gasteiger partial charge < -0.3 is 9.88 Å². The van der Waals surface area contributed by atoms with Crippen LogP contribution in [-0.2, 0) is 21.4 Å².